The molecule has 0 unspecified atom stereocenters. The SMILES string of the molecule is O=C1NCCN1CCNS(=O)(=O)c1cccc(C(F)(F)F)c1. The molecule has 2 amide bonds. The van der Waals surface area contributed by atoms with Crippen molar-refractivity contribution in [3.05, 3.63) is 29.8 Å². The first-order valence-electron chi connectivity index (χ1n) is 6.40. The molecule has 1 fully saturated rings. The van der Waals surface area contributed by atoms with Gasteiger partial charge < -0.3 is 10.2 Å². The molecular formula is C12H14F3N3O3S. The van der Waals surface area contributed by atoms with Crippen LogP contribution in [-0.4, -0.2) is 45.5 Å². The summed E-state index contributed by atoms with van der Waals surface area (Å²) >= 11 is 0. The maximum Gasteiger partial charge on any atom is 0.416 e. The molecule has 0 aromatic heterocycles. The van der Waals surface area contributed by atoms with Gasteiger partial charge in [-0.15, -0.1) is 0 Å². The average Bonchev–Trinajstić information content (AvgIpc) is 2.83. The molecule has 2 rings (SSSR count). The highest BCUT2D eigenvalue weighted by molar-refractivity contribution is 7.89. The number of nitrogens with one attached hydrogen (secondary N) is 2. The van der Waals surface area contributed by atoms with Crippen LogP contribution < -0.4 is 10.0 Å². The molecule has 1 heterocycles. The molecule has 0 saturated carbocycles. The van der Waals surface area contributed by atoms with Crippen LogP contribution in [0.1, 0.15) is 5.56 Å². The second kappa shape index (κ2) is 6.13. The van der Waals surface area contributed by atoms with Crippen molar-refractivity contribution in [1.82, 2.24) is 14.9 Å². The first-order valence-corrected chi connectivity index (χ1v) is 7.88. The molecule has 2 N–H and O–H groups in total. The maximum atomic E-state index is 12.6. The first-order chi connectivity index (χ1) is 10.2. The Bertz CT molecular complexity index is 661. The fourth-order valence-electron chi connectivity index (χ4n) is 1.96. The van der Waals surface area contributed by atoms with E-state index in [0.717, 1.165) is 18.2 Å². The van der Waals surface area contributed by atoms with Gasteiger partial charge in [0.25, 0.3) is 0 Å². The standard InChI is InChI=1S/C12H14F3N3O3S/c13-12(14,15)9-2-1-3-10(8-9)22(20,21)17-5-7-18-6-4-16-11(18)19/h1-3,8,17H,4-7H2,(H,16,19). The molecule has 0 radical (unpaired) electrons. The molecule has 1 aliphatic rings. The summed E-state index contributed by atoms with van der Waals surface area (Å²) in [4.78, 5) is 12.2. The number of hydrogen-bond acceptors (Lipinski definition) is 3. The number of halogens is 3. The molecule has 22 heavy (non-hydrogen) atoms. The minimum absolute atomic E-state index is 0.0774. The van der Waals surface area contributed by atoms with Crippen LogP contribution in [0.5, 0.6) is 0 Å². The van der Waals surface area contributed by atoms with E-state index in [1.54, 1.807) is 0 Å². The van der Waals surface area contributed by atoms with Gasteiger partial charge in [0.05, 0.1) is 10.5 Å². The molecule has 0 bridgehead atoms. The maximum absolute atomic E-state index is 12.6. The summed E-state index contributed by atoms with van der Waals surface area (Å²) in [5, 5.41) is 2.56. The minimum atomic E-state index is -4.61. The average molecular weight is 337 g/mol. The number of alkyl halides is 3. The van der Waals surface area contributed by atoms with Crippen LogP contribution >= 0.6 is 0 Å². The van der Waals surface area contributed by atoms with Crippen molar-refractivity contribution >= 4 is 16.1 Å². The van der Waals surface area contributed by atoms with E-state index in [-0.39, 0.29) is 19.1 Å². The molecule has 1 aliphatic heterocycles. The third-order valence-electron chi connectivity index (χ3n) is 3.09. The second-order valence-corrected chi connectivity index (χ2v) is 6.41. The van der Waals surface area contributed by atoms with Gasteiger partial charge in [-0.3, -0.25) is 0 Å². The summed E-state index contributed by atoms with van der Waals surface area (Å²) < 4.78 is 63.9. The lowest BCUT2D eigenvalue weighted by Gasteiger charge is -2.15. The predicted molar refractivity (Wildman–Crippen MR) is 71.6 cm³/mol. The molecule has 6 nitrogen and oxygen atoms in total. The molecule has 0 spiro atoms. The number of amides is 2. The summed E-state index contributed by atoms with van der Waals surface area (Å²) in [6.07, 6.45) is -4.61. The van der Waals surface area contributed by atoms with Gasteiger partial charge in [0.1, 0.15) is 0 Å². The van der Waals surface area contributed by atoms with Crippen molar-refractivity contribution in [2.45, 2.75) is 11.1 Å². The van der Waals surface area contributed by atoms with Gasteiger partial charge in [0.15, 0.2) is 0 Å². The number of urea groups is 1. The lowest BCUT2D eigenvalue weighted by molar-refractivity contribution is -0.137. The fraction of sp³-hybridized carbons (Fsp3) is 0.417. The first kappa shape index (κ1) is 16.6. The summed E-state index contributed by atoms with van der Waals surface area (Å²) in [5.74, 6) is 0. The molecule has 0 aliphatic carbocycles. The van der Waals surface area contributed by atoms with E-state index in [1.165, 1.54) is 4.90 Å². The van der Waals surface area contributed by atoms with E-state index >= 15 is 0 Å². The Morgan fingerprint density at radius 2 is 2.05 bits per heavy atom. The van der Waals surface area contributed by atoms with Crippen LogP contribution in [0.15, 0.2) is 29.2 Å². The second-order valence-electron chi connectivity index (χ2n) is 4.64. The van der Waals surface area contributed by atoms with Crippen LogP contribution in [0.3, 0.4) is 0 Å². The molecule has 1 aromatic rings. The molecular weight excluding hydrogens is 323 g/mol. The molecule has 10 heteroatoms. The quantitative estimate of drug-likeness (QED) is 0.842. The number of benzene rings is 1. The number of nitrogens with zero attached hydrogens (tertiary/aromatic N) is 1. The highest BCUT2D eigenvalue weighted by atomic mass is 32.2. The molecule has 0 atom stereocenters. The van der Waals surface area contributed by atoms with Gasteiger partial charge in [0, 0.05) is 26.2 Å². The summed E-state index contributed by atoms with van der Waals surface area (Å²) in [7, 11) is -4.06. The predicted octanol–water partition coefficient (Wildman–Crippen LogP) is 1.01. The highest BCUT2D eigenvalue weighted by Crippen LogP contribution is 2.30. The van der Waals surface area contributed by atoms with E-state index in [4.69, 9.17) is 0 Å². The fourth-order valence-corrected chi connectivity index (χ4v) is 3.03. The van der Waals surface area contributed by atoms with Crippen molar-refractivity contribution in [1.29, 1.82) is 0 Å². The van der Waals surface area contributed by atoms with Crippen LogP contribution in [0.2, 0.25) is 0 Å². The van der Waals surface area contributed by atoms with Gasteiger partial charge in [0.2, 0.25) is 10.0 Å². The van der Waals surface area contributed by atoms with Gasteiger partial charge in [-0.1, -0.05) is 6.07 Å². The Kier molecular flexibility index (Phi) is 4.61. The Morgan fingerprint density at radius 3 is 2.64 bits per heavy atom. The van der Waals surface area contributed by atoms with Gasteiger partial charge in [-0.2, -0.15) is 13.2 Å². The smallest absolute Gasteiger partial charge is 0.336 e. The number of sulfonamides is 1. The normalized spacial score (nSPS) is 16.0. The minimum Gasteiger partial charge on any atom is -0.336 e. The van der Waals surface area contributed by atoms with Crippen molar-refractivity contribution in [2.75, 3.05) is 26.2 Å². The zero-order valence-electron chi connectivity index (χ0n) is 11.4. The number of carbonyl (C=O) groups is 1. The Morgan fingerprint density at radius 1 is 1.32 bits per heavy atom. The highest BCUT2D eigenvalue weighted by Gasteiger charge is 2.31. The Hall–Kier alpha value is -1.81. The third kappa shape index (κ3) is 3.89. The van der Waals surface area contributed by atoms with Gasteiger partial charge in [-0.25, -0.2) is 17.9 Å². The van der Waals surface area contributed by atoms with Crippen molar-refractivity contribution in [3.63, 3.8) is 0 Å². The monoisotopic (exact) mass is 337 g/mol. The summed E-state index contributed by atoms with van der Waals surface area (Å²) in [6, 6.07) is 3.20. The van der Waals surface area contributed by atoms with E-state index < -0.39 is 26.7 Å². The zero-order chi connectivity index (χ0) is 16.4. The molecule has 1 saturated heterocycles. The number of carbonyl (C=O) groups excluding carboxylic acids is 1. The number of rotatable bonds is 5. The lowest BCUT2D eigenvalue weighted by atomic mass is 10.2. The van der Waals surface area contributed by atoms with Crippen LogP contribution in [0, 0.1) is 0 Å². The van der Waals surface area contributed by atoms with Crippen molar-refractivity contribution < 1.29 is 26.4 Å². The number of hydrogen-bond donors (Lipinski definition) is 2. The van der Waals surface area contributed by atoms with E-state index in [9.17, 15) is 26.4 Å². The largest absolute Gasteiger partial charge is 0.416 e. The Balaban J connectivity index is 2.02. The lowest BCUT2D eigenvalue weighted by Crippen LogP contribution is -2.36. The van der Waals surface area contributed by atoms with E-state index in [1.807, 2.05) is 0 Å². The molecule has 1 aromatic carbocycles. The van der Waals surface area contributed by atoms with E-state index in [2.05, 4.69) is 10.0 Å². The van der Waals surface area contributed by atoms with Crippen LogP contribution in [-0.2, 0) is 16.2 Å². The van der Waals surface area contributed by atoms with Crippen LogP contribution in [0.25, 0.3) is 0 Å². The van der Waals surface area contributed by atoms with Crippen molar-refractivity contribution in [2.24, 2.45) is 0 Å². The molecule has 122 valence electrons. The summed E-state index contributed by atoms with van der Waals surface area (Å²) in [5.41, 5.74) is -1.03. The van der Waals surface area contributed by atoms with Gasteiger partial charge >= 0.3 is 12.2 Å². The van der Waals surface area contributed by atoms with Crippen LogP contribution in [0.4, 0.5) is 18.0 Å². The van der Waals surface area contributed by atoms with Crippen molar-refractivity contribution in [3.8, 4) is 0 Å². The Labute approximate surface area is 125 Å². The van der Waals surface area contributed by atoms with Gasteiger partial charge in [-0.05, 0) is 18.2 Å². The zero-order valence-corrected chi connectivity index (χ0v) is 12.2. The summed E-state index contributed by atoms with van der Waals surface area (Å²) in [6.45, 7) is 1.01. The van der Waals surface area contributed by atoms with E-state index in [0.29, 0.717) is 19.2 Å². The third-order valence-corrected chi connectivity index (χ3v) is 4.55. The topological polar surface area (TPSA) is 78.5 Å².